The summed E-state index contributed by atoms with van der Waals surface area (Å²) < 4.78 is 0. The normalized spacial score (nSPS) is 21.9. The number of piperazine rings is 1. The molecule has 4 rings (SSSR count). The molecule has 0 radical (unpaired) electrons. The van der Waals surface area contributed by atoms with E-state index in [1.165, 1.54) is 0 Å². The molecular formula is C20H21ClN6O2. The summed E-state index contributed by atoms with van der Waals surface area (Å²) in [6, 6.07) is 3.42. The number of aromatic nitrogens is 1. The Hall–Kier alpha value is -2.84. The molecule has 1 fully saturated rings. The van der Waals surface area contributed by atoms with E-state index in [2.05, 4.69) is 30.1 Å². The zero-order valence-corrected chi connectivity index (χ0v) is 16.8. The molecule has 0 saturated carbocycles. The van der Waals surface area contributed by atoms with Crippen molar-refractivity contribution in [3.63, 3.8) is 0 Å². The molecule has 0 spiro atoms. The summed E-state index contributed by atoms with van der Waals surface area (Å²) in [6.07, 6.45) is 7.16. The van der Waals surface area contributed by atoms with Crippen molar-refractivity contribution in [2.75, 3.05) is 44.7 Å². The maximum atomic E-state index is 11.7. The third kappa shape index (κ3) is 4.28. The SMILES string of the molecule is CNC(=O)c1ccc(N2CCN(CC3=CC4=NC(=O)C(Cl)=CC4N=C3)CC2)cn1. The number of hydrogen-bond donors (Lipinski definition) is 1. The molecule has 0 aromatic carbocycles. The average Bonchev–Trinajstić information content (AvgIpc) is 2.75. The monoisotopic (exact) mass is 412 g/mol. The molecule has 2 amide bonds. The molecule has 29 heavy (non-hydrogen) atoms. The van der Waals surface area contributed by atoms with Gasteiger partial charge in [0.05, 0.1) is 17.6 Å². The molecule has 0 bridgehead atoms. The first-order chi connectivity index (χ1) is 14.0. The number of carbonyl (C=O) groups excluding carboxylic acids is 2. The Kier molecular flexibility index (Phi) is 5.55. The highest BCUT2D eigenvalue weighted by atomic mass is 35.5. The first kappa shape index (κ1) is 19.5. The predicted octanol–water partition coefficient (Wildman–Crippen LogP) is 1.05. The average molecular weight is 413 g/mol. The summed E-state index contributed by atoms with van der Waals surface area (Å²) >= 11 is 5.85. The number of pyridine rings is 1. The first-order valence-electron chi connectivity index (χ1n) is 9.43. The lowest BCUT2D eigenvalue weighted by molar-refractivity contribution is -0.113. The van der Waals surface area contributed by atoms with E-state index in [1.54, 1.807) is 25.4 Å². The van der Waals surface area contributed by atoms with Crippen LogP contribution in [0, 0.1) is 0 Å². The van der Waals surface area contributed by atoms with Crippen LogP contribution in [0.1, 0.15) is 10.5 Å². The van der Waals surface area contributed by atoms with Crippen molar-refractivity contribution in [1.29, 1.82) is 0 Å². The van der Waals surface area contributed by atoms with Crippen molar-refractivity contribution in [1.82, 2.24) is 15.2 Å². The van der Waals surface area contributed by atoms with Crippen LogP contribution >= 0.6 is 11.6 Å². The maximum Gasteiger partial charge on any atom is 0.288 e. The van der Waals surface area contributed by atoms with Gasteiger partial charge in [0, 0.05) is 46.0 Å². The Balaban J connectivity index is 1.33. The van der Waals surface area contributed by atoms with E-state index < -0.39 is 5.91 Å². The Bertz CT molecular complexity index is 942. The van der Waals surface area contributed by atoms with Gasteiger partial charge in [-0.1, -0.05) is 11.6 Å². The Morgan fingerprint density at radius 1 is 1.28 bits per heavy atom. The van der Waals surface area contributed by atoms with Crippen LogP contribution < -0.4 is 10.2 Å². The van der Waals surface area contributed by atoms with Crippen LogP contribution in [0.25, 0.3) is 0 Å². The minimum Gasteiger partial charge on any atom is -0.368 e. The van der Waals surface area contributed by atoms with Gasteiger partial charge in [0.25, 0.3) is 11.8 Å². The van der Waals surface area contributed by atoms with E-state index in [0.29, 0.717) is 11.4 Å². The summed E-state index contributed by atoms with van der Waals surface area (Å²) in [5, 5.41) is 2.70. The number of dihydropyridines is 2. The summed E-state index contributed by atoms with van der Waals surface area (Å²) in [7, 11) is 1.59. The smallest absolute Gasteiger partial charge is 0.288 e. The number of anilines is 1. The molecule has 1 aromatic rings. The molecule has 1 N–H and O–H groups in total. The largest absolute Gasteiger partial charge is 0.368 e. The van der Waals surface area contributed by atoms with Crippen molar-refractivity contribution in [3.8, 4) is 0 Å². The molecule has 3 aliphatic heterocycles. The van der Waals surface area contributed by atoms with Gasteiger partial charge in [-0.15, -0.1) is 0 Å². The molecule has 3 aliphatic rings. The fourth-order valence-corrected chi connectivity index (χ4v) is 3.68. The third-order valence-electron chi connectivity index (χ3n) is 5.13. The van der Waals surface area contributed by atoms with Crippen molar-refractivity contribution in [3.05, 3.63) is 46.8 Å². The van der Waals surface area contributed by atoms with Gasteiger partial charge in [0.2, 0.25) is 0 Å². The topological polar surface area (TPSA) is 90.3 Å². The molecule has 8 nitrogen and oxygen atoms in total. The van der Waals surface area contributed by atoms with Gasteiger partial charge in [-0.3, -0.25) is 19.5 Å². The Labute approximate surface area is 173 Å². The highest BCUT2D eigenvalue weighted by Crippen LogP contribution is 2.20. The second-order valence-corrected chi connectivity index (χ2v) is 7.45. The number of fused-ring (bicyclic) bond motifs is 1. The van der Waals surface area contributed by atoms with Gasteiger partial charge in [0.15, 0.2) is 0 Å². The van der Waals surface area contributed by atoms with Crippen LogP contribution in [0.15, 0.2) is 51.1 Å². The molecule has 4 heterocycles. The van der Waals surface area contributed by atoms with Crippen LogP contribution in [0.2, 0.25) is 0 Å². The van der Waals surface area contributed by atoms with Gasteiger partial charge in [-0.2, -0.15) is 0 Å². The minimum absolute atomic E-state index is 0.127. The van der Waals surface area contributed by atoms with E-state index in [4.69, 9.17) is 11.6 Å². The second kappa shape index (κ2) is 8.26. The summed E-state index contributed by atoms with van der Waals surface area (Å²) in [6.45, 7) is 4.27. The number of nitrogens with one attached hydrogen (secondary N) is 1. The fraction of sp³-hybridized carbons (Fsp3) is 0.350. The van der Waals surface area contributed by atoms with Gasteiger partial charge in [-0.05, 0) is 29.9 Å². The summed E-state index contributed by atoms with van der Waals surface area (Å²) in [4.78, 5) is 40.6. The number of amides is 2. The van der Waals surface area contributed by atoms with Crippen LogP contribution in [-0.4, -0.2) is 79.4 Å². The van der Waals surface area contributed by atoms with E-state index in [0.717, 1.165) is 44.0 Å². The van der Waals surface area contributed by atoms with Gasteiger partial charge >= 0.3 is 0 Å². The standard InChI is InChI=1S/C20H21ClN6O2/c1-22-20(29)16-3-2-14(11-24-16)27-6-4-26(5-7-27)12-13-8-18-17(23-10-13)9-15(21)19(28)25-18/h2-3,8-11,17H,4-7,12H2,1H3,(H,22,29). The van der Waals surface area contributed by atoms with Crippen molar-refractivity contribution < 1.29 is 9.59 Å². The zero-order chi connectivity index (χ0) is 20.4. The van der Waals surface area contributed by atoms with Crippen molar-refractivity contribution in [2.45, 2.75) is 6.04 Å². The number of halogens is 1. The van der Waals surface area contributed by atoms with Gasteiger partial charge < -0.3 is 10.2 Å². The lowest BCUT2D eigenvalue weighted by atomic mass is 10.0. The predicted molar refractivity (Wildman–Crippen MR) is 113 cm³/mol. The van der Waals surface area contributed by atoms with Gasteiger partial charge in [-0.25, -0.2) is 9.98 Å². The molecule has 0 aliphatic carbocycles. The minimum atomic E-state index is -0.407. The number of rotatable bonds is 4. The van der Waals surface area contributed by atoms with Crippen molar-refractivity contribution in [2.24, 2.45) is 9.98 Å². The van der Waals surface area contributed by atoms with E-state index in [-0.39, 0.29) is 17.0 Å². The third-order valence-corrected chi connectivity index (χ3v) is 5.42. The van der Waals surface area contributed by atoms with E-state index in [1.807, 2.05) is 18.4 Å². The van der Waals surface area contributed by atoms with Crippen LogP contribution in [0.3, 0.4) is 0 Å². The summed E-state index contributed by atoms with van der Waals surface area (Å²) in [5.74, 6) is -0.594. The highest BCUT2D eigenvalue weighted by Gasteiger charge is 2.25. The lowest BCUT2D eigenvalue weighted by Crippen LogP contribution is -2.47. The molecule has 9 heteroatoms. The molecule has 1 atom stereocenters. The van der Waals surface area contributed by atoms with Crippen LogP contribution in [0.4, 0.5) is 5.69 Å². The lowest BCUT2D eigenvalue weighted by Gasteiger charge is -2.36. The highest BCUT2D eigenvalue weighted by molar-refractivity contribution is 6.44. The molecule has 150 valence electrons. The fourth-order valence-electron chi connectivity index (χ4n) is 3.52. The quantitative estimate of drug-likeness (QED) is 0.798. The van der Waals surface area contributed by atoms with Crippen molar-refractivity contribution >= 4 is 41.0 Å². The van der Waals surface area contributed by atoms with Crippen LogP contribution in [0.5, 0.6) is 0 Å². The number of aliphatic imine (C=N–C) groups is 2. The molecule has 1 aromatic heterocycles. The van der Waals surface area contributed by atoms with E-state index >= 15 is 0 Å². The van der Waals surface area contributed by atoms with Crippen LogP contribution in [-0.2, 0) is 4.79 Å². The summed E-state index contributed by atoms with van der Waals surface area (Å²) in [5.41, 5.74) is 3.11. The van der Waals surface area contributed by atoms with E-state index in [9.17, 15) is 9.59 Å². The number of nitrogens with zero attached hydrogens (tertiary/aromatic N) is 5. The Morgan fingerprint density at radius 3 is 2.76 bits per heavy atom. The number of carbonyl (C=O) groups is 2. The second-order valence-electron chi connectivity index (χ2n) is 7.04. The number of hydrogen-bond acceptors (Lipinski definition) is 6. The van der Waals surface area contributed by atoms with Gasteiger partial charge in [0.1, 0.15) is 16.8 Å². The Morgan fingerprint density at radius 2 is 2.07 bits per heavy atom. The zero-order valence-electron chi connectivity index (χ0n) is 16.0. The molecule has 1 unspecified atom stereocenters. The first-order valence-corrected chi connectivity index (χ1v) is 9.80. The molecular weight excluding hydrogens is 392 g/mol. The maximum absolute atomic E-state index is 11.7. The molecule has 1 saturated heterocycles.